The first-order chi connectivity index (χ1) is 9.51. The molecule has 112 valence electrons. The maximum absolute atomic E-state index is 12.3. The van der Waals surface area contributed by atoms with Gasteiger partial charge in [-0.2, -0.15) is 0 Å². The third kappa shape index (κ3) is 3.40. The van der Waals surface area contributed by atoms with Gasteiger partial charge in [-0.3, -0.25) is 0 Å². The van der Waals surface area contributed by atoms with Gasteiger partial charge in [-0.05, 0) is 42.4 Å². The maximum Gasteiger partial charge on any atom is 0.240 e. The van der Waals surface area contributed by atoms with E-state index in [1.54, 1.807) is 24.3 Å². The molecule has 4 nitrogen and oxygen atoms in total. The van der Waals surface area contributed by atoms with Crippen molar-refractivity contribution in [2.45, 2.75) is 50.5 Å². The average molecular weight is 296 g/mol. The highest BCUT2D eigenvalue weighted by atomic mass is 32.2. The van der Waals surface area contributed by atoms with Crippen LogP contribution < -0.4 is 10.5 Å². The summed E-state index contributed by atoms with van der Waals surface area (Å²) in [6, 6.07) is 6.77. The molecule has 1 aliphatic rings. The molecule has 1 aromatic rings. The van der Waals surface area contributed by atoms with Gasteiger partial charge in [0.1, 0.15) is 0 Å². The van der Waals surface area contributed by atoms with Gasteiger partial charge in [0.25, 0.3) is 0 Å². The summed E-state index contributed by atoms with van der Waals surface area (Å²) in [5.41, 5.74) is 6.61. The molecule has 1 fully saturated rings. The third-order valence-corrected chi connectivity index (χ3v) is 5.94. The van der Waals surface area contributed by atoms with Gasteiger partial charge in [0, 0.05) is 13.1 Å². The first-order valence-electron chi connectivity index (χ1n) is 7.30. The van der Waals surface area contributed by atoms with Gasteiger partial charge in [0.05, 0.1) is 4.90 Å². The average Bonchev–Trinajstić information content (AvgIpc) is 2.95. The summed E-state index contributed by atoms with van der Waals surface area (Å²) >= 11 is 0. The molecule has 5 heteroatoms. The van der Waals surface area contributed by atoms with E-state index < -0.39 is 10.0 Å². The standard InChI is InChI=1S/C15H24N2O2S/c1-2-15(9-3-4-10-15)12-17-20(18,19)14-7-5-13(11-16)6-8-14/h5-8,17H,2-4,9-12,16H2,1H3. The number of sulfonamides is 1. The van der Waals surface area contributed by atoms with E-state index in [1.807, 2.05) is 0 Å². The molecule has 20 heavy (non-hydrogen) atoms. The second kappa shape index (κ2) is 6.24. The monoisotopic (exact) mass is 296 g/mol. The van der Waals surface area contributed by atoms with Gasteiger partial charge in [-0.15, -0.1) is 0 Å². The molecule has 1 aromatic carbocycles. The Balaban J connectivity index is 2.06. The van der Waals surface area contributed by atoms with E-state index in [2.05, 4.69) is 11.6 Å². The van der Waals surface area contributed by atoms with E-state index in [0.717, 1.165) is 24.8 Å². The Labute approximate surface area is 121 Å². The lowest BCUT2D eigenvalue weighted by atomic mass is 9.84. The van der Waals surface area contributed by atoms with Crippen LogP contribution in [0, 0.1) is 5.41 Å². The van der Waals surface area contributed by atoms with Crippen molar-refractivity contribution in [3.8, 4) is 0 Å². The quantitative estimate of drug-likeness (QED) is 0.846. The van der Waals surface area contributed by atoms with Crippen LogP contribution in [0.15, 0.2) is 29.2 Å². The van der Waals surface area contributed by atoms with Crippen LogP contribution in [0.25, 0.3) is 0 Å². The zero-order valence-corrected chi connectivity index (χ0v) is 12.9. The van der Waals surface area contributed by atoms with Gasteiger partial charge < -0.3 is 5.73 Å². The second-order valence-corrected chi connectivity index (χ2v) is 7.50. The topological polar surface area (TPSA) is 72.2 Å². The molecule has 0 amide bonds. The van der Waals surface area contributed by atoms with Crippen LogP contribution in [0.2, 0.25) is 0 Å². The molecule has 1 aliphatic carbocycles. The van der Waals surface area contributed by atoms with E-state index >= 15 is 0 Å². The number of rotatable bonds is 6. The molecular formula is C15H24N2O2S. The summed E-state index contributed by atoms with van der Waals surface area (Å²) in [5, 5.41) is 0. The first-order valence-corrected chi connectivity index (χ1v) is 8.78. The van der Waals surface area contributed by atoms with Crippen LogP contribution in [0.1, 0.15) is 44.6 Å². The summed E-state index contributed by atoms with van der Waals surface area (Å²) in [6.45, 7) is 3.12. The molecule has 0 heterocycles. The molecule has 0 aromatic heterocycles. The highest BCUT2D eigenvalue weighted by molar-refractivity contribution is 7.89. The fraction of sp³-hybridized carbons (Fsp3) is 0.600. The van der Waals surface area contributed by atoms with Gasteiger partial charge in [0.2, 0.25) is 10.0 Å². The van der Waals surface area contributed by atoms with Crippen molar-refractivity contribution >= 4 is 10.0 Å². The predicted molar refractivity (Wildman–Crippen MR) is 80.7 cm³/mol. The molecule has 0 radical (unpaired) electrons. The number of hydrogen-bond acceptors (Lipinski definition) is 3. The minimum Gasteiger partial charge on any atom is -0.326 e. The number of nitrogens with two attached hydrogens (primary N) is 1. The summed E-state index contributed by atoms with van der Waals surface area (Å²) in [4.78, 5) is 0.318. The normalized spacial score (nSPS) is 18.3. The molecule has 2 rings (SSSR count). The smallest absolute Gasteiger partial charge is 0.240 e. The molecule has 0 bridgehead atoms. The van der Waals surface area contributed by atoms with Crippen molar-refractivity contribution < 1.29 is 8.42 Å². The van der Waals surface area contributed by atoms with Gasteiger partial charge in [-0.1, -0.05) is 31.9 Å². The van der Waals surface area contributed by atoms with Crippen LogP contribution in [0.4, 0.5) is 0 Å². The van der Waals surface area contributed by atoms with E-state index in [-0.39, 0.29) is 5.41 Å². The SMILES string of the molecule is CCC1(CNS(=O)(=O)c2ccc(CN)cc2)CCCC1. The van der Waals surface area contributed by atoms with E-state index in [9.17, 15) is 8.42 Å². The van der Waals surface area contributed by atoms with E-state index in [1.165, 1.54) is 12.8 Å². The lowest BCUT2D eigenvalue weighted by molar-refractivity contribution is 0.285. The van der Waals surface area contributed by atoms with Crippen LogP contribution in [0.5, 0.6) is 0 Å². The van der Waals surface area contributed by atoms with Crippen molar-refractivity contribution in [1.82, 2.24) is 4.72 Å². The Bertz CT molecular complexity index is 531. The molecule has 0 unspecified atom stereocenters. The summed E-state index contributed by atoms with van der Waals surface area (Å²) < 4.78 is 27.4. The lowest BCUT2D eigenvalue weighted by Gasteiger charge is -2.27. The summed E-state index contributed by atoms with van der Waals surface area (Å²) in [6.07, 6.45) is 5.69. The maximum atomic E-state index is 12.3. The minimum atomic E-state index is -3.41. The Kier molecular flexibility index (Phi) is 4.83. The Morgan fingerprint density at radius 3 is 2.30 bits per heavy atom. The second-order valence-electron chi connectivity index (χ2n) is 5.73. The molecular weight excluding hydrogens is 272 g/mol. The molecule has 0 aliphatic heterocycles. The largest absolute Gasteiger partial charge is 0.326 e. The highest BCUT2D eigenvalue weighted by Crippen LogP contribution is 2.40. The lowest BCUT2D eigenvalue weighted by Crippen LogP contribution is -2.35. The Morgan fingerprint density at radius 2 is 1.80 bits per heavy atom. The number of nitrogens with one attached hydrogen (secondary N) is 1. The van der Waals surface area contributed by atoms with Gasteiger partial charge >= 0.3 is 0 Å². The molecule has 3 N–H and O–H groups in total. The van der Waals surface area contributed by atoms with Crippen molar-refractivity contribution in [2.75, 3.05) is 6.54 Å². The van der Waals surface area contributed by atoms with Crippen molar-refractivity contribution in [3.63, 3.8) is 0 Å². The highest BCUT2D eigenvalue weighted by Gasteiger charge is 2.33. The van der Waals surface area contributed by atoms with Gasteiger partial charge in [0.15, 0.2) is 0 Å². The van der Waals surface area contributed by atoms with Crippen molar-refractivity contribution in [2.24, 2.45) is 11.1 Å². The fourth-order valence-corrected chi connectivity index (χ4v) is 4.07. The molecule has 0 atom stereocenters. The summed E-state index contributed by atoms with van der Waals surface area (Å²) in [7, 11) is -3.41. The first kappa shape index (κ1) is 15.5. The zero-order valence-electron chi connectivity index (χ0n) is 12.1. The van der Waals surface area contributed by atoms with E-state index in [0.29, 0.717) is 18.0 Å². The Morgan fingerprint density at radius 1 is 1.20 bits per heavy atom. The fourth-order valence-electron chi connectivity index (χ4n) is 2.92. The molecule has 0 spiro atoms. The van der Waals surface area contributed by atoms with Crippen LogP contribution in [-0.2, 0) is 16.6 Å². The predicted octanol–water partition coefficient (Wildman–Crippen LogP) is 2.39. The minimum absolute atomic E-state index is 0.157. The van der Waals surface area contributed by atoms with Crippen LogP contribution in [0.3, 0.4) is 0 Å². The van der Waals surface area contributed by atoms with Crippen molar-refractivity contribution in [1.29, 1.82) is 0 Å². The molecule has 1 saturated carbocycles. The third-order valence-electron chi connectivity index (χ3n) is 4.52. The summed E-state index contributed by atoms with van der Waals surface area (Å²) in [5.74, 6) is 0. The zero-order chi connectivity index (χ0) is 14.6. The van der Waals surface area contributed by atoms with Crippen molar-refractivity contribution in [3.05, 3.63) is 29.8 Å². The molecule has 0 saturated heterocycles. The van der Waals surface area contributed by atoms with E-state index in [4.69, 9.17) is 5.73 Å². The number of benzene rings is 1. The van der Waals surface area contributed by atoms with Crippen LogP contribution >= 0.6 is 0 Å². The Hall–Kier alpha value is -0.910. The van der Waals surface area contributed by atoms with Gasteiger partial charge in [-0.25, -0.2) is 13.1 Å². The van der Waals surface area contributed by atoms with Crippen LogP contribution in [-0.4, -0.2) is 15.0 Å². The number of hydrogen-bond donors (Lipinski definition) is 2.